The number of fused-ring (bicyclic) bond motifs is 1. The van der Waals surface area contributed by atoms with Crippen LogP contribution >= 0.6 is 0 Å². The molecule has 2 heterocycles. The molecule has 5 nitrogen and oxygen atoms in total. The quantitative estimate of drug-likeness (QED) is 0.941. The van der Waals surface area contributed by atoms with Crippen molar-refractivity contribution in [1.82, 2.24) is 14.8 Å². The third-order valence-corrected chi connectivity index (χ3v) is 4.29. The molecule has 1 saturated heterocycles. The highest BCUT2D eigenvalue weighted by Gasteiger charge is 2.40. The maximum absolute atomic E-state index is 12.4. The van der Waals surface area contributed by atoms with E-state index in [2.05, 4.69) is 34.1 Å². The van der Waals surface area contributed by atoms with Gasteiger partial charge in [-0.25, -0.2) is 0 Å². The van der Waals surface area contributed by atoms with Gasteiger partial charge in [-0.15, -0.1) is 0 Å². The molecule has 0 bridgehead atoms. The second kappa shape index (κ2) is 5.74. The Hall–Kier alpha value is -1.85. The Balaban J connectivity index is 1.78. The van der Waals surface area contributed by atoms with E-state index in [0.29, 0.717) is 13.2 Å². The summed E-state index contributed by atoms with van der Waals surface area (Å²) in [6.07, 6.45) is 1.97. The Morgan fingerprint density at radius 3 is 3.00 bits per heavy atom. The van der Waals surface area contributed by atoms with Gasteiger partial charge < -0.3 is 14.6 Å². The van der Waals surface area contributed by atoms with Crippen LogP contribution in [0, 0.1) is 0 Å². The van der Waals surface area contributed by atoms with Gasteiger partial charge in [-0.3, -0.25) is 9.69 Å². The van der Waals surface area contributed by atoms with Gasteiger partial charge in [0.1, 0.15) is 0 Å². The zero-order valence-electron chi connectivity index (χ0n) is 13.4. The van der Waals surface area contributed by atoms with E-state index in [-0.39, 0.29) is 5.91 Å². The van der Waals surface area contributed by atoms with Gasteiger partial charge in [0.05, 0.1) is 6.61 Å². The molecule has 0 spiro atoms. The first kappa shape index (κ1) is 15.1. The number of aromatic amines is 1. The Labute approximate surface area is 130 Å². The van der Waals surface area contributed by atoms with Gasteiger partial charge in [-0.05, 0) is 24.6 Å². The number of hydrogen-bond acceptors (Lipinski definition) is 3. The average molecular weight is 301 g/mol. The molecule has 2 aromatic rings. The number of likely N-dealkylation sites (N-methyl/N-ethyl adjacent to an activating group) is 1. The van der Waals surface area contributed by atoms with Gasteiger partial charge in [-0.1, -0.05) is 12.1 Å². The largest absolute Gasteiger partial charge is 0.363 e. The molecule has 1 atom stereocenters. The van der Waals surface area contributed by atoms with Gasteiger partial charge >= 0.3 is 0 Å². The standard InChI is InChI=1S/C17H23N3O2/c1-17(16(21)19(2)3)12-20(9-10-22-17)11-13-5-4-6-15-14(13)7-8-18-15/h4-8,18H,9-12H2,1-3H3/t17-/m0/s1. The number of nitrogens with one attached hydrogen (secondary N) is 1. The number of H-pyrrole nitrogens is 1. The van der Waals surface area contributed by atoms with Crippen molar-refractivity contribution in [2.45, 2.75) is 19.1 Å². The summed E-state index contributed by atoms with van der Waals surface area (Å²) in [5.74, 6) is 0.0250. The Morgan fingerprint density at radius 1 is 1.41 bits per heavy atom. The van der Waals surface area contributed by atoms with E-state index in [1.54, 1.807) is 19.0 Å². The van der Waals surface area contributed by atoms with Crippen molar-refractivity contribution >= 4 is 16.8 Å². The number of amides is 1. The number of benzene rings is 1. The lowest BCUT2D eigenvalue weighted by atomic mass is 10.0. The summed E-state index contributed by atoms with van der Waals surface area (Å²) in [7, 11) is 3.55. The molecular formula is C17H23N3O2. The molecule has 1 aromatic heterocycles. The van der Waals surface area contributed by atoms with Gasteiger partial charge in [-0.2, -0.15) is 0 Å². The second-order valence-electron chi connectivity index (χ2n) is 6.35. The van der Waals surface area contributed by atoms with Crippen LogP contribution in [0.1, 0.15) is 12.5 Å². The number of aromatic nitrogens is 1. The van der Waals surface area contributed by atoms with Crippen LogP contribution in [0.3, 0.4) is 0 Å². The minimum Gasteiger partial charge on any atom is -0.363 e. The Kier molecular flexibility index (Phi) is 3.93. The molecular weight excluding hydrogens is 278 g/mol. The molecule has 1 aliphatic heterocycles. The van der Waals surface area contributed by atoms with Crippen molar-refractivity contribution < 1.29 is 9.53 Å². The van der Waals surface area contributed by atoms with Crippen molar-refractivity contribution in [3.63, 3.8) is 0 Å². The van der Waals surface area contributed by atoms with Crippen molar-refractivity contribution in [2.75, 3.05) is 33.8 Å². The zero-order chi connectivity index (χ0) is 15.7. The number of ether oxygens (including phenoxy) is 1. The van der Waals surface area contributed by atoms with Gasteiger partial charge in [0.25, 0.3) is 5.91 Å². The lowest BCUT2D eigenvalue weighted by Crippen LogP contribution is -2.57. The van der Waals surface area contributed by atoms with Gasteiger partial charge in [0, 0.05) is 50.8 Å². The highest BCUT2D eigenvalue weighted by molar-refractivity contribution is 5.85. The van der Waals surface area contributed by atoms with Crippen LogP contribution in [0.4, 0.5) is 0 Å². The highest BCUT2D eigenvalue weighted by Crippen LogP contribution is 2.24. The molecule has 1 N–H and O–H groups in total. The predicted molar refractivity (Wildman–Crippen MR) is 86.6 cm³/mol. The number of carbonyl (C=O) groups excluding carboxylic acids is 1. The fraction of sp³-hybridized carbons (Fsp3) is 0.471. The van der Waals surface area contributed by atoms with Crippen LogP contribution in [0.25, 0.3) is 10.9 Å². The molecule has 1 amide bonds. The minimum absolute atomic E-state index is 0.0250. The molecule has 1 fully saturated rings. The molecule has 0 radical (unpaired) electrons. The lowest BCUT2D eigenvalue weighted by Gasteiger charge is -2.40. The smallest absolute Gasteiger partial charge is 0.255 e. The summed E-state index contributed by atoms with van der Waals surface area (Å²) in [5, 5.41) is 1.25. The third-order valence-electron chi connectivity index (χ3n) is 4.29. The monoisotopic (exact) mass is 301 g/mol. The van der Waals surface area contributed by atoms with Gasteiger partial charge in [0.15, 0.2) is 5.60 Å². The van der Waals surface area contributed by atoms with E-state index in [1.807, 2.05) is 13.1 Å². The summed E-state index contributed by atoms with van der Waals surface area (Å²) in [5.41, 5.74) is 1.67. The fourth-order valence-electron chi connectivity index (χ4n) is 3.22. The molecule has 5 heteroatoms. The first-order valence-electron chi connectivity index (χ1n) is 7.63. The number of nitrogens with zero attached hydrogens (tertiary/aromatic N) is 2. The molecule has 1 aliphatic rings. The zero-order valence-corrected chi connectivity index (χ0v) is 13.4. The normalized spacial score (nSPS) is 22.9. The van der Waals surface area contributed by atoms with Crippen molar-refractivity contribution in [1.29, 1.82) is 0 Å². The number of hydrogen-bond donors (Lipinski definition) is 1. The van der Waals surface area contributed by atoms with Crippen LogP contribution < -0.4 is 0 Å². The second-order valence-corrected chi connectivity index (χ2v) is 6.35. The lowest BCUT2D eigenvalue weighted by molar-refractivity contribution is -0.165. The van der Waals surface area contributed by atoms with Crippen LogP contribution in [-0.2, 0) is 16.1 Å². The first-order chi connectivity index (χ1) is 10.5. The van der Waals surface area contributed by atoms with Crippen molar-refractivity contribution in [2.24, 2.45) is 0 Å². The minimum atomic E-state index is -0.756. The highest BCUT2D eigenvalue weighted by atomic mass is 16.5. The van der Waals surface area contributed by atoms with E-state index >= 15 is 0 Å². The van der Waals surface area contributed by atoms with E-state index in [9.17, 15) is 4.79 Å². The SMILES string of the molecule is CN(C)C(=O)[C@]1(C)CN(Cc2cccc3[nH]ccc23)CCO1. The van der Waals surface area contributed by atoms with E-state index in [1.165, 1.54) is 10.9 Å². The Morgan fingerprint density at radius 2 is 2.23 bits per heavy atom. The fourth-order valence-corrected chi connectivity index (χ4v) is 3.22. The summed E-state index contributed by atoms with van der Waals surface area (Å²) in [6.45, 7) is 4.76. The predicted octanol–water partition coefficient (Wildman–Crippen LogP) is 1.85. The van der Waals surface area contributed by atoms with Crippen LogP contribution in [0.2, 0.25) is 0 Å². The van der Waals surface area contributed by atoms with E-state index in [4.69, 9.17) is 4.74 Å². The molecule has 0 unspecified atom stereocenters. The maximum atomic E-state index is 12.4. The average Bonchev–Trinajstić information content (AvgIpc) is 2.96. The summed E-state index contributed by atoms with van der Waals surface area (Å²) in [4.78, 5) is 19.5. The molecule has 22 heavy (non-hydrogen) atoms. The van der Waals surface area contributed by atoms with Crippen LogP contribution in [-0.4, -0.2) is 60.1 Å². The summed E-state index contributed by atoms with van der Waals surface area (Å²) in [6, 6.07) is 8.41. The molecule has 3 rings (SSSR count). The maximum Gasteiger partial charge on any atom is 0.255 e. The molecule has 118 valence electrons. The first-order valence-corrected chi connectivity index (χ1v) is 7.63. The molecule has 0 aliphatic carbocycles. The number of rotatable bonds is 3. The van der Waals surface area contributed by atoms with Crippen LogP contribution in [0.5, 0.6) is 0 Å². The summed E-state index contributed by atoms with van der Waals surface area (Å²) < 4.78 is 5.79. The Bertz CT molecular complexity index is 679. The molecule has 1 aromatic carbocycles. The van der Waals surface area contributed by atoms with Gasteiger partial charge in [0.2, 0.25) is 0 Å². The third kappa shape index (κ3) is 2.74. The number of carbonyl (C=O) groups is 1. The topological polar surface area (TPSA) is 48.6 Å². The van der Waals surface area contributed by atoms with Crippen molar-refractivity contribution in [3.05, 3.63) is 36.0 Å². The number of morpholine rings is 1. The summed E-state index contributed by atoms with van der Waals surface area (Å²) >= 11 is 0. The van der Waals surface area contributed by atoms with Crippen LogP contribution in [0.15, 0.2) is 30.5 Å². The van der Waals surface area contributed by atoms with E-state index in [0.717, 1.165) is 18.6 Å². The molecule has 0 saturated carbocycles. The van der Waals surface area contributed by atoms with E-state index < -0.39 is 5.60 Å². The van der Waals surface area contributed by atoms with Crippen molar-refractivity contribution in [3.8, 4) is 0 Å².